The van der Waals surface area contributed by atoms with Crippen molar-refractivity contribution < 1.29 is 14.3 Å². The third-order valence-corrected chi connectivity index (χ3v) is 3.86. The Morgan fingerprint density at radius 2 is 1.95 bits per heavy atom. The van der Waals surface area contributed by atoms with Crippen LogP contribution in [0.5, 0.6) is 11.5 Å². The minimum Gasteiger partial charge on any atom is -0.497 e. The van der Waals surface area contributed by atoms with Crippen molar-refractivity contribution in [1.29, 1.82) is 0 Å². The molecule has 0 aromatic heterocycles. The number of rotatable bonds is 5. The highest BCUT2D eigenvalue weighted by Gasteiger charge is 2.11. The van der Waals surface area contributed by atoms with Gasteiger partial charge in [-0.25, -0.2) is 0 Å². The molecule has 2 aromatic rings. The molecule has 2 rings (SSSR count). The van der Waals surface area contributed by atoms with Gasteiger partial charge in [0.15, 0.2) is 0 Å². The first kappa shape index (κ1) is 16.6. The maximum absolute atomic E-state index is 12.2. The van der Waals surface area contributed by atoms with Gasteiger partial charge in [-0.1, -0.05) is 33.6 Å². The van der Waals surface area contributed by atoms with Gasteiger partial charge >= 0.3 is 0 Å². The lowest BCUT2D eigenvalue weighted by Gasteiger charge is -2.11. The van der Waals surface area contributed by atoms with E-state index >= 15 is 0 Å². The van der Waals surface area contributed by atoms with Crippen LogP contribution in [0.2, 0.25) is 5.02 Å². The number of carbonyl (C=O) groups is 1. The average Bonchev–Trinajstić information content (AvgIpc) is 2.50. The number of carbonyl (C=O) groups excluding carboxylic acids is 1. The number of amides is 1. The highest BCUT2D eigenvalue weighted by Crippen LogP contribution is 2.27. The van der Waals surface area contributed by atoms with E-state index in [0.717, 1.165) is 10.0 Å². The molecule has 1 N–H and O–H groups in total. The minimum absolute atomic E-state index is 0.173. The van der Waals surface area contributed by atoms with Gasteiger partial charge in [0.2, 0.25) is 5.91 Å². The quantitative estimate of drug-likeness (QED) is 0.836. The maximum atomic E-state index is 12.2. The molecule has 0 aliphatic carbocycles. The summed E-state index contributed by atoms with van der Waals surface area (Å²) in [6, 6.07) is 10.6. The number of benzene rings is 2. The zero-order valence-electron chi connectivity index (χ0n) is 12.2. The van der Waals surface area contributed by atoms with Gasteiger partial charge in [0.1, 0.15) is 11.5 Å². The summed E-state index contributed by atoms with van der Waals surface area (Å²) < 4.78 is 11.3. The molecule has 0 aliphatic heterocycles. The lowest BCUT2D eigenvalue weighted by molar-refractivity contribution is -0.115. The van der Waals surface area contributed by atoms with Gasteiger partial charge in [-0.15, -0.1) is 0 Å². The van der Waals surface area contributed by atoms with Crippen molar-refractivity contribution in [2.45, 2.75) is 6.42 Å². The summed E-state index contributed by atoms with van der Waals surface area (Å²) in [4.78, 5) is 12.2. The molecule has 0 spiro atoms. The van der Waals surface area contributed by atoms with E-state index < -0.39 is 0 Å². The standard InChI is InChI=1S/C16H15BrClNO3/c1-21-12-5-3-10(15(9-12)22-2)7-16(20)19-14-6-4-11(17)8-13(14)18/h3-6,8-9H,7H2,1-2H3,(H,19,20). The average molecular weight is 385 g/mol. The molecule has 6 heteroatoms. The Kier molecular flexibility index (Phi) is 5.69. The van der Waals surface area contributed by atoms with Gasteiger partial charge in [0, 0.05) is 16.1 Å². The van der Waals surface area contributed by atoms with Crippen molar-refractivity contribution in [2.24, 2.45) is 0 Å². The van der Waals surface area contributed by atoms with E-state index in [4.69, 9.17) is 21.1 Å². The summed E-state index contributed by atoms with van der Waals surface area (Å²) in [5, 5.41) is 3.26. The number of halogens is 2. The van der Waals surface area contributed by atoms with Gasteiger partial charge < -0.3 is 14.8 Å². The highest BCUT2D eigenvalue weighted by atomic mass is 79.9. The highest BCUT2D eigenvalue weighted by molar-refractivity contribution is 9.10. The second-order valence-electron chi connectivity index (χ2n) is 4.53. The molecule has 0 fully saturated rings. The first-order valence-corrected chi connectivity index (χ1v) is 7.66. The van der Waals surface area contributed by atoms with Crippen molar-refractivity contribution in [3.8, 4) is 11.5 Å². The summed E-state index contributed by atoms with van der Waals surface area (Å²) in [5.74, 6) is 1.11. The van der Waals surface area contributed by atoms with Crippen LogP contribution in [0.25, 0.3) is 0 Å². The Morgan fingerprint density at radius 1 is 1.18 bits per heavy atom. The number of hydrogen-bond donors (Lipinski definition) is 1. The van der Waals surface area contributed by atoms with Crippen LogP contribution in [0.4, 0.5) is 5.69 Å². The van der Waals surface area contributed by atoms with Crippen molar-refractivity contribution >= 4 is 39.1 Å². The van der Waals surface area contributed by atoms with Crippen molar-refractivity contribution in [1.82, 2.24) is 0 Å². The largest absolute Gasteiger partial charge is 0.497 e. The van der Waals surface area contributed by atoms with E-state index in [9.17, 15) is 4.79 Å². The van der Waals surface area contributed by atoms with Crippen LogP contribution in [-0.2, 0) is 11.2 Å². The molecule has 0 atom stereocenters. The second-order valence-corrected chi connectivity index (χ2v) is 5.85. The lowest BCUT2D eigenvalue weighted by Crippen LogP contribution is -2.15. The molecule has 2 aromatic carbocycles. The van der Waals surface area contributed by atoms with Crippen LogP contribution < -0.4 is 14.8 Å². The molecular formula is C16H15BrClNO3. The normalized spacial score (nSPS) is 10.2. The fourth-order valence-corrected chi connectivity index (χ4v) is 2.68. The third kappa shape index (κ3) is 4.15. The molecule has 116 valence electrons. The van der Waals surface area contributed by atoms with E-state index in [1.54, 1.807) is 44.6 Å². The topological polar surface area (TPSA) is 47.6 Å². The predicted molar refractivity (Wildman–Crippen MR) is 91.0 cm³/mol. The Labute approximate surface area is 142 Å². The second kappa shape index (κ2) is 7.51. The third-order valence-electron chi connectivity index (χ3n) is 3.05. The van der Waals surface area contributed by atoms with Crippen LogP contribution in [0.3, 0.4) is 0 Å². The van der Waals surface area contributed by atoms with Crippen LogP contribution >= 0.6 is 27.5 Å². The summed E-state index contributed by atoms with van der Waals surface area (Å²) in [6.45, 7) is 0. The van der Waals surface area contributed by atoms with E-state index in [-0.39, 0.29) is 12.3 Å². The van der Waals surface area contributed by atoms with Gasteiger partial charge in [0.05, 0.1) is 31.4 Å². The van der Waals surface area contributed by atoms with Crippen LogP contribution in [0.1, 0.15) is 5.56 Å². The molecule has 1 amide bonds. The number of ether oxygens (including phenoxy) is 2. The summed E-state index contributed by atoms with van der Waals surface area (Å²) >= 11 is 9.41. The molecule has 0 saturated carbocycles. The Bertz CT molecular complexity index is 691. The number of methoxy groups -OCH3 is 2. The summed E-state index contributed by atoms with van der Waals surface area (Å²) in [6.07, 6.45) is 0.180. The minimum atomic E-state index is -0.173. The van der Waals surface area contributed by atoms with Gasteiger partial charge in [-0.05, 0) is 24.3 Å². The fraction of sp³-hybridized carbons (Fsp3) is 0.188. The first-order chi connectivity index (χ1) is 10.5. The van der Waals surface area contributed by atoms with E-state index in [1.165, 1.54) is 0 Å². The van der Waals surface area contributed by atoms with E-state index in [2.05, 4.69) is 21.2 Å². The Morgan fingerprint density at radius 3 is 2.59 bits per heavy atom. The van der Waals surface area contributed by atoms with Gasteiger partial charge in [0.25, 0.3) is 0 Å². The summed E-state index contributed by atoms with van der Waals surface area (Å²) in [5.41, 5.74) is 1.34. The zero-order chi connectivity index (χ0) is 16.1. The molecule has 4 nitrogen and oxygen atoms in total. The maximum Gasteiger partial charge on any atom is 0.228 e. The molecule has 22 heavy (non-hydrogen) atoms. The number of nitrogens with one attached hydrogen (secondary N) is 1. The molecule has 0 aliphatic rings. The molecule has 0 bridgehead atoms. The van der Waals surface area contributed by atoms with Crippen LogP contribution in [-0.4, -0.2) is 20.1 Å². The molecule has 0 radical (unpaired) electrons. The van der Waals surface area contributed by atoms with Crippen molar-refractivity contribution in [3.05, 3.63) is 51.5 Å². The van der Waals surface area contributed by atoms with Crippen LogP contribution in [0.15, 0.2) is 40.9 Å². The molecular weight excluding hydrogens is 370 g/mol. The SMILES string of the molecule is COc1ccc(CC(=O)Nc2ccc(Br)cc2Cl)c(OC)c1. The van der Waals surface area contributed by atoms with Gasteiger partial charge in [-0.3, -0.25) is 4.79 Å². The Balaban J connectivity index is 2.12. The van der Waals surface area contributed by atoms with Crippen LogP contribution in [0, 0.1) is 0 Å². The molecule has 0 heterocycles. The lowest BCUT2D eigenvalue weighted by atomic mass is 10.1. The fourth-order valence-electron chi connectivity index (χ4n) is 1.96. The first-order valence-electron chi connectivity index (χ1n) is 6.49. The zero-order valence-corrected chi connectivity index (χ0v) is 14.5. The summed E-state index contributed by atoms with van der Waals surface area (Å²) in [7, 11) is 3.14. The molecule has 0 unspecified atom stereocenters. The number of hydrogen-bond acceptors (Lipinski definition) is 3. The van der Waals surface area contributed by atoms with Gasteiger partial charge in [-0.2, -0.15) is 0 Å². The number of anilines is 1. The Hall–Kier alpha value is -1.72. The molecule has 0 saturated heterocycles. The van der Waals surface area contributed by atoms with Crippen molar-refractivity contribution in [3.63, 3.8) is 0 Å². The van der Waals surface area contributed by atoms with E-state index in [1.807, 2.05) is 6.07 Å². The smallest absolute Gasteiger partial charge is 0.228 e. The predicted octanol–water partition coefficient (Wildman–Crippen LogP) is 4.30. The van der Waals surface area contributed by atoms with E-state index in [0.29, 0.717) is 22.2 Å². The van der Waals surface area contributed by atoms with Crippen molar-refractivity contribution in [2.75, 3.05) is 19.5 Å². The monoisotopic (exact) mass is 383 g/mol.